The van der Waals surface area contributed by atoms with Gasteiger partial charge >= 0.3 is 0 Å². The highest BCUT2D eigenvalue weighted by atomic mass is 35.5. The topological polar surface area (TPSA) is 16.1 Å². The third kappa shape index (κ3) is 4.30. The van der Waals surface area contributed by atoms with Crippen molar-refractivity contribution in [3.63, 3.8) is 0 Å². The Morgan fingerprint density at radius 2 is 1.68 bits per heavy atom. The van der Waals surface area contributed by atoms with E-state index < -0.39 is 0 Å². The van der Waals surface area contributed by atoms with Crippen LogP contribution in [0.25, 0.3) is 5.57 Å². The fourth-order valence-corrected chi connectivity index (χ4v) is 5.34. The molecule has 0 radical (unpaired) electrons. The Morgan fingerprint density at radius 1 is 0.903 bits per heavy atom. The van der Waals surface area contributed by atoms with Gasteiger partial charge in [-0.3, -0.25) is 4.98 Å². The Bertz CT molecular complexity index is 1140. The summed E-state index contributed by atoms with van der Waals surface area (Å²) in [4.78, 5) is 8.26. The third-order valence-electron chi connectivity index (χ3n) is 6.40. The van der Waals surface area contributed by atoms with Gasteiger partial charge in [0.1, 0.15) is 0 Å². The third-order valence-corrected chi connectivity index (χ3v) is 7.04. The second-order valence-electron chi connectivity index (χ2n) is 8.33. The van der Waals surface area contributed by atoms with Crippen molar-refractivity contribution >= 4 is 34.4 Å². The van der Waals surface area contributed by atoms with E-state index in [0.29, 0.717) is 0 Å². The van der Waals surface area contributed by atoms with Gasteiger partial charge < -0.3 is 4.90 Å². The van der Waals surface area contributed by atoms with Gasteiger partial charge in [0.25, 0.3) is 0 Å². The van der Waals surface area contributed by atoms with Crippen LogP contribution in [0, 0.1) is 0 Å². The highest BCUT2D eigenvalue weighted by Crippen LogP contribution is 2.38. The number of aromatic nitrogens is 1. The molecule has 1 aliphatic carbocycles. The molecule has 5 rings (SSSR count). The molecule has 2 aliphatic rings. The first kappa shape index (κ1) is 20.4. The zero-order valence-electron chi connectivity index (χ0n) is 17.5. The van der Waals surface area contributed by atoms with Gasteiger partial charge in [0, 0.05) is 36.3 Å². The molecular formula is C27H25ClN2S. The van der Waals surface area contributed by atoms with Crippen molar-refractivity contribution < 1.29 is 0 Å². The molecule has 1 saturated heterocycles. The number of hydrogen-bond donors (Lipinski definition) is 0. The van der Waals surface area contributed by atoms with Crippen LogP contribution in [0.3, 0.4) is 0 Å². The van der Waals surface area contributed by atoms with E-state index in [1.165, 1.54) is 33.4 Å². The van der Waals surface area contributed by atoms with E-state index in [2.05, 4.69) is 59.5 Å². The van der Waals surface area contributed by atoms with Crippen LogP contribution in [0.5, 0.6) is 0 Å². The minimum atomic E-state index is 0.808. The van der Waals surface area contributed by atoms with Gasteiger partial charge in [-0.05, 0) is 66.1 Å². The highest BCUT2D eigenvalue weighted by Gasteiger charge is 2.25. The molecule has 0 saturated carbocycles. The molecule has 0 spiro atoms. The molecule has 0 amide bonds. The normalized spacial score (nSPS) is 15.8. The average molecular weight is 445 g/mol. The SMILES string of the molecule is S=C(Cc1ccccc1)N1CCC(=C2c3ccc(Cl)cc3CCc3cccnc32)CC1. The Kier molecular flexibility index (Phi) is 5.89. The van der Waals surface area contributed by atoms with Crippen molar-refractivity contribution in [2.24, 2.45) is 0 Å². The maximum Gasteiger partial charge on any atom is 0.0823 e. The fraction of sp³-hybridized carbons (Fsp3) is 0.259. The van der Waals surface area contributed by atoms with E-state index >= 15 is 0 Å². The number of rotatable bonds is 2. The second-order valence-corrected chi connectivity index (χ2v) is 9.24. The predicted molar refractivity (Wildman–Crippen MR) is 133 cm³/mol. The Balaban J connectivity index is 1.45. The first-order chi connectivity index (χ1) is 15.2. The second kappa shape index (κ2) is 8.94. The summed E-state index contributed by atoms with van der Waals surface area (Å²) >= 11 is 12.1. The first-order valence-electron chi connectivity index (χ1n) is 11.0. The molecule has 1 aliphatic heterocycles. The largest absolute Gasteiger partial charge is 0.365 e. The summed E-state index contributed by atoms with van der Waals surface area (Å²) < 4.78 is 0. The number of hydrogen-bond acceptors (Lipinski definition) is 2. The predicted octanol–water partition coefficient (Wildman–Crippen LogP) is 6.30. The molecule has 2 nitrogen and oxygen atoms in total. The maximum atomic E-state index is 6.34. The van der Waals surface area contributed by atoms with Gasteiger partial charge in [0.05, 0.1) is 10.7 Å². The van der Waals surface area contributed by atoms with Gasteiger partial charge in [-0.15, -0.1) is 0 Å². The summed E-state index contributed by atoms with van der Waals surface area (Å²) in [5.74, 6) is 0. The summed E-state index contributed by atoms with van der Waals surface area (Å²) in [6.45, 7) is 1.94. The molecule has 31 heavy (non-hydrogen) atoms. The lowest BCUT2D eigenvalue weighted by Gasteiger charge is -2.32. The van der Waals surface area contributed by atoms with Crippen molar-refractivity contribution in [1.29, 1.82) is 0 Å². The van der Waals surface area contributed by atoms with Gasteiger partial charge in [-0.1, -0.05) is 71.9 Å². The fourth-order valence-electron chi connectivity index (χ4n) is 4.79. The summed E-state index contributed by atoms with van der Waals surface area (Å²) in [5.41, 5.74) is 9.22. The molecule has 2 aromatic carbocycles. The van der Waals surface area contributed by atoms with E-state index in [1.807, 2.05) is 12.3 Å². The molecule has 1 aromatic heterocycles. The average Bonchev–Trinajstić information content (AvgIpc) is 2.96. The van der Waals surface area contributed by atoms with Crippen LogP contribution in [0.4, 0.5) is 0 Å². The zero-order valence-corrected chi connectivity index (χ0v) is 19.1. The molecule has 2 heterocycles. The monoisotopic (exact) mass is 444 g/mol. The van der Waals surface area contributed by atoms with Crippen LogP contribution < -0.4 is 0 Å². The smallest absolute Gasteiger partial charge is 0.0823 e. The number of benzene rings is 2. The minimum absolute atomic E-state index is 0.808. The van der Waals surface area contributed by atoms with Crippen LogP contribution in [-0.4, -0.2) is 28.0 Å². The van der Waals surface area contributed by atoms with Crippen LogP contribution >= 0.6 is 23.8 Å². The minimum Gasteiger partial charge on any atom is -0.365 e. The molecule has 1 fully saturated rings. The summed E-state index contributed by atoms with van der Waals surface area (Å²) in [7, 11) is 0. The molecular weight excluding hydrogens is 420 g/mol. The molecule has 156 valence electrons. The van der Waals surface area contributed by atoms with Crippen molar-refractivity contribution in [1.82, 2.24) is 9.88 Å². The van der Waals surface area contributed by atoms with Crippen LogP contribution in [0.2, 0.25) is 5.02 Å². The molecule has 0 N–H and O–H groups in total. The lowest BCUT2D eigenvalue weighted by atomic mass is 9.88. The van der Waals surface area contributed by atoms with E-state index in [1.54, 1.807) is 0 Å². The molecule has 0 unspecified atom stereocenters. The van der Waals surface area contributed by atoms with E-state index in [4.69, 9.17) is 28.8 Å². The van der Waals surface area contributed by atoms with Crippen molar-refractivity contribution in [3.05, 3.63) is 105 Å². The Hall–Kier alpha value is -2.49. The summed E-state index contributed by atoms with van der Waals surface area (Å²) in [6, 6.07) is 21.1. The van der Waals surface area contributed by atoms with E-state index in [-0.39, 0.29) is 0 Å². The molecule has 0 bridgehead atoms. The highest BCUT2D eigenvalue weighted by molar-refractivity contribution is 7.80. The van der Waals surface area contributed by atoms with Crippen LogP contribution in [-0.2, 0) is 19.3 Å². The zero-order chi connectivity index (χ0) is 21.2. The lowest BCUT2D eigenvalue weighted by molar-refractivity contribution is 0.390. The molecule has 4 heteroatoms. The number of halogens is 1. The van der Waals surface area contributed by atoms with Crippen LogP contribution in [0.1, 0.15) is 40.8 Å². The van der Waals surface area contributed by atoms with E-state index in [9.17, 15) is 0 Å². The molecule has 0 atom stereocenters. The molecule has 3 aromatic rings. The van der Waals surface area contributed by atoms with Crippen LogP contribution in [0.15, 0.2) is 72.4 Å². The van der Waals surface area contributed by atoms with Gasteiger partial charge in [-0.25, -0.2) is 0 Å². The Morgan fingerprint density at radius 3 is 2.48 bits per heavy atom. The standard InChI is InChI=1S/C27H25ClN2S/c28-23-10-11-24-22(18-23)9-8-21-7-4-14-29-27(21)26(24)20-12-15-30(16-13-20)25(31)17-19-5-2-1-3-6-19/h1-7,10-11,14,18H,8-9,12-13,15-17H2. The number of pyridine rings is 1. The first-order valence-corrected chi connectivity index (χ1v) is 11.7. The number of thiocarbonyl (C=S) groups is 1. The quantitative estimate of drug-likeness (QED) is 0.431. The number of aryl methyl sites for hydroxylation is 2. The number of piperidine rings is 1. The number of fused-ring (bicyclic) bond motifs is 2. The van der Waals surface area contributed by atoms with Crippen molar-refractivity contribution in [2.75, 3.05) is 13.1 Å². The summed E-state index contributed by atoms with van der Waals surface area (Å²) in [5, 5.41) is 0.808. The van der Waals surface area contributed by atoms with E-state index in [0.717, 1.165) is 60.9 Å². The van der Waals surface area contributed by atoms with Gasteiger partial charge in [-0.2, -0.15) is 0 Å². The number of likely N-dealkylation sites (tertiary alicyclic amines) is 1. The van der Waals surface area contributed by atoms with Gasteiger partial charge in [0.2, 0.25) is 0 Å². The number of nitrogens with zero attached hydrogens (tertiary/aromatic N) is 2. The van der Waals surface area contributed by atoms with Crippen molar-refractivity contribution in [2.45, 2.75) is 32.1 Å². The summed E-state index contributed by atoms with van der Waals surface area (Å²) in [6.07, 6.45) is 6.79. The Labute approximate surface area is 194 Å². The van der Waals surface area contributed by atoms with Crippen molar-refractivity contribution in [3.8, 4) is 0 Å². The maximum absolute atomic E-state index is 6.34. The lowest BCUT2D eigenvalue weighted by Crippen LogP contribution is -2.36. The van der Waals surface area contributed by atoms with Gasteiger partial charge in [0.15, 0.2) is 0 Å².